The Labute approximate surface area is 107 Å². The van der Waals surface area contributed by atoms with Crippen molar-refractivity contribution in [1.82, 2.24) is 4.98 Å². The van der Waals surface area contributed by atoms with Gasteiger partial charge in [-0.2, -0.15) is 0 Å². The first-order chi connectivity index (χ1) is 8.94. The molecule has 1 aromatic carbocycles. The van der Waals surface area contributed by atoms with Gasteiger partial charge in [-0.1, -0.05) is 18.2 Å². The molecule has 0 spiro atoms. The number of aromatic nitrogens is 1. The molecule has 1 heterocycles. The second kappa shape index (κ2) is 5.17. The summed E-state index contributed by atoms with van der Waals surface area (Å²) in [4.78, 5) is 3.95. The number of rotatable bonds is 3. The highest BCUT2D eigenvalue weighted by molar-refractivity contribution is 5.42. The van der Waals surface area contributed by atoms with E-state index in [-0.39, 0.29) is 5.75 Å². The Hall–Kier alpha value is -2.24. The molecule has 6 heteroatoms. The van der Waals surface area contributed by atoms with Crippen molar-refractivity contribution >= 4 is 5.82 Å². The molecule has 0 fully saturated rings. The van der Waals surface area contributed by atoms with Crippen molar-refractivity contribution in [3.8, 4) is 5.75 Å². The fraction of sp³-hybridized carbons (Fsp3) is 0.154. The topological polar surface area (TPSA) is 48.1 Å². The van der Waals surface area contributed by atoms with E-state index in [1.807, 2.05) is 6.07 Å². The standard InChI is InChI=1S/C13H11F3N2O/c14-13(15,16)19-11-5-3-9(4-6-11)8-10-2-1-7-18-12(10)17/h1-7H,8H2,(H2,17,18). The van der Waals surface area contributed by atoms with E-state index in [0.717, 1.165) is 11.1 Å². The fourth-order valence-electron chi connectivity index (χ4n) is 1.63. The summed E-state index contributed by atoms with van der Waals surface area (Å²) in [6.07, 6.45) is -2.58. The summed E-state index contributed by atoms with van der Waals surface area (Å²) >= 11 is 0. The number of nitrogen functional groups attached to an aromatic ring is 1. The van der Waals surface area contributed by atoms with Crippen molar-refractivity contribution in [2.45, 2.75) is 12.8 Å². The number of halogens is 3. The summed E-state index contributed by atoms with van der Waals surface area (Å²) < 4.78 is 39.8. The monoisotopic (exact) mass is 268 g/mol. The molecular weight excluding hydrogens is 257 g/mol. The smallest absolute Gasteiger partial charge is 0.406 e. The zero-order chi connectivity index (χ0) is 13.9. The molecule has 100 valence electrons. The van der Waals surface area contributed by atoms with Gasteiger partial charge in [0, 0.05) is 12.6 Å². The number of pyridine rings is 1. The van der Waals surface area contributed by atoms with E-state index in [9.17, 15) is 13.2 Å². The Kier molecular flexibility index (Phi) is 3.59. The number of ether oxygens (including phenoxy) is 1. The van der Waals surface area contributed by atoms with Crippen LogP contribution in [0.2, 0.25) is 0 Å². The molecule has 0 aliphatic carbocycles. The predicted octanol–water partition coefficient (Wildman–Crippen LogP) is 3.15. The summed E-state index contributed by atoms with van der Waals surface area (Å²) in [6, 6.07) is 9.25. The summed E-state index contributed by atoms with van der Waals surface area (Å²) in [6.45, 7) is 0. The molecule has 1 aromatic heterocycles. The van der Waals surface area contributed by atoms with E-state index in [4.69, 9.17) is 5.73 Å². The minimum absolute atomic E-state index is 0.240. The fourth-order valence-corrected chi connectivity index (χ4v) is 1.63. The average molecular weight is 268 g/mol. The molecule has 0 aliphatic rings. The Bertz CT molecular complexity index is 553. The summed E-state index contributed by atoms with van der Waals surface area (Å²) in [7, 11) is 0. The average Bonchev–Trinajstić information content (AvgIpc) is 2.33. The molecule has 2 aromatic rings. The highest BCUT2D eigenvalue weighted by Crippen LogP contribution is 2.23. The second-order valence-corrected chi connectivity index (χ2v) is 3.92. The van der Waals surface area contributed by atoms with Crippen molar-refractivity contribution < 1.29 is 17.9 Å². The van der Waals surface area contributed by atoms with E-state index in [1.54, 1.807) is 24.4 Å². The Morgan fingerprint density at radius 2 is 1.79 bits per heavy atom. The van der Waals surface area contributed by atoms with Crippen molar-refractivity contribution in [3.63, 3.8) is 0 Å². The van der Waals surface area contributed by atoms with Gasteiger partial charge in [0.2, 0.25) is 0 Å². The van der Waals surface area contributed by atoms with Crippen molar-refractivity contribution in [2.24, 2.45) is 0 Å². The normalized spacial score (nSPS) is 11.3. The van der Waals surface area contributed by atoms with Crippen LogP contribution < -0.4 is 10.5 Å². The highest BCUT2D eigenvalue weighted by atomic mass is 19.4. The van der Waals surface area contributed by atoms with E-state index in [1.165, 1.54) is 12.1 Å². The number of hydrogen-bond donors (Lipinski definition) is 1. The first-order valence-corrected chi connectivity index (χ1v) is 5.48. The molecule has 0 saturated carbocycles. The van der Waals surface area contributed by atoms with E-state index in [0.29, 0.717) is 12.2 Å². The number of hydrogen-bond acceptors (Lipinski definition) is 3. The lowest BCUT2D eigenvalue weighted by Crippen LogP contribution is -2.17. The quantitative estimate of drug-likeness (QED) is 0.930. The molecule has 0 aliphatic heterocycles. The molecule has 0 saturated heterocycles. The number of anilines is 1. The maximum Gasteiger partial charge on any atom is 0.573 e. The van der Waals surface area contributed by atoms with Gasteiger partial charge in [0.05, 0.1) is 0 Å². The lowest BCUT2D eigenvalue weighted by molar-refractivity contribution is -0.274. The van der Waals surface area contributed by atoms with E-state index in [2.05, 4.69) is 9.72 Å². The Morgan fingerprint density at radius 1 is 1.11 bits per heavy atom. The minimum atomic E-state index is -4.67. The van der Waals surface area contributed by atoms with Gasteiger partial charge in [0.25, 0.3) is 0 Å². The summed E-state index contributed by atoms with van der Waals surface area (Å²) in [5.41, 5.74) is 7.35. The zero-order valence-corrected chi connectivity index (χ0v) is 9.82. The van der Waals surface area contributed by atoms with Gasteiger partial charge >= 0.3 is 6.36 Å². The van der Waals surface area contributed by atoms with E-state index >= 15 is 0 Å². The van der Waals surface area contributed by atoms with Crippen LogP contribution in [0.25, 0.3) is 0 Å². The summed E-state index contributed by atoms with van der Waals surface area (Å²) in [5.74, 6) is 0.175. The highest BCUT2D eigenvalue weighted by Gasteiger charge is 2.30. The lowest BCUT2D eigenvalue weighted by Gasteiger charge is -2.09. The first kappa shape index (κ1) is 13.2. The van der Waals surface area contributed by atoms with Crippen LogP contribution >= 0.6 is 0 Å². The third kappa shape index (κ3) is 3.87. The van der Waals surface area contributed by atoms with Crippen LogP contribution in [0.15, 0.2) is 42.6 Å². The van der Waals surface area contributed by atoms with Gasteiger partial charge in [-0.05, 0) is 29.3 Å². The van der Waals surface area contributed by atoms with Gasteiger partial charge in [-0.25, -0.2) is 4.98 Å². The molecule has 0 bridgehead atoms. The molecule has 3 nitrogen and oxygen atoms in total. The van der Waals surface area contributed by atoms with Crippen LogP contribution in [-0.2, 0) is 6.42 Å². The van der Waals surface area contributed by atoms with Crippen LogP contribution in [-0.4, -0.2) is 11.3 Å². The number of nitrogens with zero attached hydrogens (tertiary/aromatic N) is 1. The van der Waals surface area contributed by atoms with Crippen LogP contribution in [0, 0.1) is 0 Å². The molecule has 2 N–H and O–H groups in total. The Balaban J connectivity index is 2.09. The maximum atomic E-state index is 12.0. The largest absolute Gasteiger partial charge is 0.573 e. The molecule has 0 unspecified atom stereocenters. The van der Waals surface area contributed by atoms with Gasteiger partial charge in [-0.15, -0.1) is 13.2 Å². The molecule has 0 atom stereocenters. The van der Waals surface area contributed by atoms with E-state index < -0.39 is 6.36 Å². The second-order valence-electron chi connectivity index (χ2n) is 3.92. The lowest BCUT2D eigenvalue weighted by atomic mass is 10.1. The van der Waals surface area contributed by atoms with Gasteiger partial charge in [-0.3, -0.25) is 0 Å². The van der Waals surface area contributed by atoms with Crippen LogP contribution in [0.1, 0.15) is 11.1 Å². The van der Waals surface area contributed by atoms with Crippen LogP contribution in [0.3, 0.4) is 0 Å². The number of benzene rings is 1. The third-order valence-electron chi connectivity index (χ3n) is 2.48. The molecule has 0 amide bonds. The zero-order valence-electron chi connectivity index (χ0n) is 9.82. The number of nitrogens with two attached hydrogens (primary N) is 1. The summed E-state index contributed by atoms with van der Waals surface area (Å²) in [5, 5.41) is 0. The Morgan fingerprint density at radius 3 is 2.37 bits per heavy atom. The van der Waals surface area contributed by atoms with Gasteiger partial charge < -0.3 is 10.5 Å². The van der Waals surface area contributed by atoms with Gasteiger partial charge in [0.15, 0.2) is 0 Å². The van der Waals surface area contributed by atoms with Crippen molar-refractivity contribution in [1.29, 1.82) is 0 Å². The molecule has 2 rings (SSSR count). The molecular formula is C13H11F3N2O. The van der Waals surface area contributed by atoms with Crippen LogP contribution in [0.4, 0.5) is 19.0 Å². The molecule has 19 heavy (non-hydrogen) atoms. The molecule has 0 radical (unpaired) electrons. The third-order valence-corrected chi connectivity index (χ3v) is 2.48. The van der Waals surface area contributed by atoms with Crippen molar-refractivity contribution in [2.75, 3.05) is 5.73 Å². The predicted molar refractivity (Wildman–Crippen MR) is 64.6 cm³/mol. The van der Waals surface area contributed by atoms with Gasteiger partial charge in [0.1, 0.15) is 11.6 Å². The van der Waals surface area contributed by atoms with Crippen LogP contribution in [0.5, 0.6) is 5.75 Å². The SMILES string of the molecule is Nc1ncccc1Cc1ccc(OC(F)(F)F)cc1. The first-order valence-electron chi connectivity index (χ1n) is 5.48. The maximum absolute atomic E-state index is 12.0. The van der Waals surface area contributed by atoms with Crippen molar-refractivity contribution in [3.05, 3.63) is 53.7 Å². The number of alkyl halides is 3. The minimum Gasteiger partial charge on any atom is -0.406 e.